The highest BCUT2D eigenvalue weighted by atomic mass is 35.5. The van der Waals surface area contributed by atoms with Gasteiger partial charge in [0.2, 0.25) is 0 Å². The molecule has 0 amide bonds. The number of fused-ring (bicyclic) bond motifs is 1. The number of esters is 1. The Kier molecular flexibility index (Phi) is 4.72. The Morgan fingerprint density at radius 2 is 2.04 bits per heavy atom. The first-order valence-corrected chi connectivity index (χ1v) is 7.82. The van der Waals surface area contributed by atoms with Crippen molar-refractivity contribution in [1.82, 2.24) is 0 Å². The summed E-state index contributed by atoms with van der Waals surface area (Å²) in [5.74, 6) is -1.07. The van der Waals surface area contributed by atoms with Gasteiger partial charge in [-0.2, -0.15) is 0 Å². The topological polar surface area (TPSA) is 76.7 Å². The molecule has 1 aliphatic heterocycles. The molecule has 1 heterocycles. The van der Waals surface area contributed by atoms with Crippen molar-refractivity contribution >= 4 is 29.0 Å². The molecule has 1 aliphatic rings. The van der Waals surface area contributed by atoms with Crippen LogP contribution in [0, 0.1) is 5.82 Å². The van der Waals surface area contributed by atoms with E-state index in [1.165, 1.54) is 13.2 Å². The average Bonchev–Trinajstić information content (AvgIpc) is 2.80. The van der Waals surface area contributed by atoms with Gasteiger partial charge in [0.25, 0.3) is 0 Å². The fraction of sp³-hybridized carbons (Fsp3) is 0.111. The van der Waals surface area contributed by atoms with E-state index in [0.29, 0.717) is 33.2 Å². The predicted molar refractivity (Wildman–Crippen MR) is 95.2 cm³/mol. The molecule has 0 unspecified atom stereocenters. The summed E-state index contributed by atoms with van der Waals surface area (Å²) in [5, 5.41) is 3.56. The van der Waals surface area contributed by atoms with E-state index in [1.807, 2.05) is 0 Å². The van der Waals surface area contributed by atoms with Gasteiger partial charge in [0.05, 0.1) is 25.1 Å². The summed E-state index contributed by atoms with van der Waals surface area (Å²) in [6.45, 7) is 0.0664. The van der Waals surface area contributed by atoms with Gasteiger partial charge >= 0.3 is 5.97 Å². The molecule has 0 bridgehead atoms. The minimum absolute atomic E-state index is 0.0664. The molecule has 0 atom stereocenters. The molecular weight excluding hydrogens is 345 g/mol. The fourth-order valence-corrected chi connectivity index (χ4v) is 2.71. The van der Waals surface area contributed by atoms with Crippen molar-refractivity contribution in [1.29, 1.82) is 0 Å². The molecule has 2 aromatic rings. The van der Waals surface area contributed by atoms with Gasteiger partial charge in [-0.15, -0.1) is 0 Å². The number of ether oxygens (including phenoxy) is 1. The van der Waals surface area contributed by atoms with E-state index in [9.17, 15) is 9.18 Å². The van der Waals surface area contributed by atoms with Crippen LogP contribution in [0.4, 0.5) is 10.1 Å². The van der Waals surface area contributed by atoms with Crippen molar-refractivity contribution in [3.63, 3.8) is 0 Å². The summed E-state index contributed by atoms with van der Waals surface area (Å²) in [7, 11) is 1.24. The van der Waals surface area contributed by atoms with Gasteiger partial charge in [0.15, 0.2) is 0 Å². The first-order valence-electron chi connectivity index (χ1n) is 7.44. The summed E-state index contributed by atoms with van der Waals surface area (Å²) in [6, 6.07) is 11.4. The first kappa shape index (κ1) is 17.0. The van der Waals surface area contributed by atoms with Crippen LogP contribution in [-0.4, -0.2) is 25.3 Å². The Morgan fingerprint density at radius 3 is 2.76 bits per heavy atom. The van der Waals surface area contributed by atoms with Crippen LogP contribution in [0.15, 0.2) is 58.9 Å². The fourth-order valence-electron chi connectivity index (χ4n) is 2.54. The van der Waals surface area contributed by atoms with E-state index in [0.717, 1.165) is 0 Å². The Morgan fingerprint density at radius 1 is 1.28 bits per heavy atom. The second kappa shape index (κ2) is 6.94. The van der Waals surface area contributed by atoms with E-state index in [-0.39, 0.29) is 12.2 Å². The van der Waals surface area contributed by atoms with Gasteiger partial charge in [-0.25, -0.2) is 9.18 Å². The summed E-state index contributed by atoms with van der Waals surface area (Å²) >= 11 is 6.11. The second-order valence-electron chi connectivity index (χ2n) is 5.34. The lowest BCUT2D eigenvalue weighted by Gasteiger charge is -2.13. The summed E-state index contributed by atoms with van der Waals surface area (Å²) in [4.78, 5) is 16.2. The molecule has 0 radical (unpaired) electrons. The van der Waals surface area contributed by atoms with E-state index < -0.39 is 11.8 Å². The van der Waals surface area contributed by atoms with Crippen molar-refractivity contribution in [3.05, 3.63) is 75.8 Å². The molecule has 0 fully saturated rings. The second-order valence-corrected chi connectivity index (χ2v) is 5.78. The van der Waals surface area contributed by atoms with Crippen molar-refractivity contribution in [2.24, 2.45) is 10.7 Å². The molecule has 0 aromatic heterocycles. The molecule has 0 saturated carbocycles. The van der Waals surface area contributed by atoms with Crippen molar-refractivity contribution in [2.45, 2.75) is 0 Å². The predicted octanol–water partition coefficient (Wildman–Crippen LogP) is 3.09. The normalized spacial score (nSPS) is 15.4. The van der Waals surface area contributed by atoms with Gasteiger partial charge < -0.3 is 15.8 Å². The third-order valence-corrected chi connectivity index (χ3v) is 4.01. The maximum atomic E-state index is 14.3. The minimum atomic E-state index is -0.664. The van der Waals surface area contributed by atoms with E-state index >= 15 is 0 Å². The summed E-state index contributed by atoms with van der Waals surface area (Å²) in [5.41, 5.74) is 8.14. The number of hydrogen-bond donors (Lipinski definition) is 2. The Bertz CT molecular complexity index is 909. The van der Waals surface area contributed by atoms with Gasteiger partial charge in [0, 0.05) is 21.8 Å². The number of carbonyl (C=O) groups excluding carboxylic acids is 1. The Labute approximate surface area is 149 Å². The highest BCUT2D eigenvalue weighted by Crippen LogP contribution is 2.29. The number of anilines is 1. The van der Waals surface area contributed by atoms with Gasteiger partial charge in [-0.05, 0) is 30.3 Å². The zero-order valence-corrected chi connectivity index (χ0v) is 14.1. The first-order chi connectivity index (χ1) is 12.0. The molecule has 2 aromatic carbocycles. The molecule has 3 N–H and O–H groups in total. The molecule has 0 aliphatic carbocycles. The van der Waals surface area contributed by atoms with Crippen LogP contribution in [0.5, 0.6) is 0 Å². The monoisotopic (exact) mass is 359 g/mol. The molecule has 0 spiro atoms. The number of halogens is 2. The number of rotatable bonds is 2. The van der Waals surface area contributed by atoms with Gasteiger partial charge in [-0.1, -0.05) is 23.7 Å². The van der Waals surface area contributed by atoms with E-state index in [4.69, 9.17) is 17.3 Å². The summed E-state index contributed by atoms with van der Waals surface area (Å²) < 4.78 is 18.9. The van der Waals surface area contributed by atoms with Crippen LogP contribution in [-0.2, 0) is 9.53 Å². The number of aliphatic imine (C=N–C) groups is 1. The largest absolute Gasteiger partial charge is 0.464 e. The van der Waals surface area contributed by atoms with Crippen molar-refractivity contribution in [2.75, 3.05) is 19.0 Å². The molecule has 128 valence electrons. The smallest absolute Gasteiger partial charge is 0.355 e. The molecular formula is C18H15ClFN3O2. The third kappa shape index (κ3) is 3.34. The maximum absolute atomic E-state index is 14.3. The van der Waals surface area contributed by atoms with Crippen molar-refractivity contribution in [3.8, 4) is 0 Å². The third-order valence-electron chi connectivity index (χ3n) is 3.78. The van der Waals surface area contributed by atoms with E-state index in [1.54, 1.807) is 36.4 Å². The molecule has 25 heavy (non-hydrogen) atoms. The minimum Gasteiger partial charge on any atom is -0.464 e. The SMILES string of the molecule is COC(=O)C(N)=C1CN=C(c2ccccc2F)c2cc(Cl)ccc2N1. The zero-order valence-electron chi connectivity index (χ0n) is 13.3. The van der Waals surface area contributed by atoms with Crippen molar-refractivity contribution < 1.29 is 13.9 Å². The van der Waals surface area contributed by atoms with Gasteiger partial charge in [0.1, 0.15) is 11.5 Å². The van der Waals surface area contributed by atoms with Crippen LogP contribution in [0.1, 0.15) is 11.1 Å². The molecule has 0 saturated heterocycles. The molecule has 7 heteroatoms. The number of nitrogens with one attached hydrogen (secondary N) is 1. The highest BCUT2D eigenvalue weighted by molar-refractivity contribution is 6.31. The molecule has 5 nitrogen and oxygen atoms in total. The van der Waals surface area contributed by atoms with Crippen LogP contribution < -0.4 is 11.1 Å². The number of nitrogens with zero attached hydrogens (tertiary/aromatic N) is 1. The van der Waals surface area contributed by atoms with E-state index in [2.05, 4.69) is 15.0 Å². The van der Waals surface area contributed by atoms with Crippen LogP contribution in [0.3, 0.4) is 0 Å². The Hall–Kier alpha value is -2.86. The number of benzodiazepines with no additional fused rings is 1. The maximum Gasteiger partial charge on any atom is 0.355 e. The lowest BCUT2D eigenvalue weighted by Crippen LogP contribution is -2.20. The standard InChI is InChI=1S/C18H15ClFN3O2/c1-25-18(24)16(21)15-9-22-17(11-4-2-3-5-13(11)20)12-8-10(19)6-7-14(12)23-15/h2-8,23H,9,21H2,1H3. The lowest BCUT2D eigenvalue weighted by atomic mass is 10.00. The number of hydrogen-bond acceptors (Lipinski definition) is 5. The quantitative estimate of drug-likeness (QED) is 0.638. The molecule has 3 rings (SSSR count). The number of methoxy groups -OCH3 is 1. The van der Waals surface area contributed by atoms with Crippen LogP contribution in [0.25, 0.3) is 0 Å². The van der Waals surface area contributed by atoms with Crippen LogP contribution in [0.2, 0.25) is 5.02 Å². The average molecular weight is 360 g/mol. The lowest BCUT2D eigenvalue weighted by molar-refractivity contribution is -0.136. The van der Waals surface area contributed by atoms with Gasteiger partial charge in [-0.3, -0.25) is 4.99 Å². The summed E-state index contributed by atoms with van der Waals surface area (Å²) in [6.07, 6.45) is 0. The number of carbonyl (C=O) groups is 1. The Balaban J connectivity index is 2.20. The number of benzene rings is 2. The highest BCUT2D eigenvalue weighted by Gasteiger charge is 2.22. The zero-order chi connectivity index (χ0) is 18.0. The number of nitrogens with two attached hydrogens (primary N) is 1. The van der Waals surface area contributed by atoms with Crippen LogP contribution >= 0.6 is 11.6 Å².